The largest absolute Gasteiger partial charge is 0.326 e. The molecular weight excluding hydrogens is 236 g/mol. The number of carbonyl (C=O) groups is 1. The van der Waals surface area contributed by atoms with Gasteiger partial charge in [-0.1, -0.05) is 19.1 Å². The van der Waals surface area contributed by atoms with E-state index in [-0.39, 0.29) is 11.8 Å². The minimum absolute atomic E-state index is 0.111. The van der Waals surface area contributed by atoms with Gasteiger partial charge in [-0.05, 0) is 55.3 Å². The summed E-state index contributed by atoms with van der Waals surface area (Å²) in [4.78, 5) is 12.4. The molecular formula is C16H22N2O. The molecule has 3 rings (SSSR count). The van der Waals surface area contributed by atoms with Gasteiger partial charge in [0.1, 0.15) is 0 Å². The summed E-state index contributed by atoms with van der Waals surface area (Å²) in [5, 5.41) is 6.45. The van der Waals surface area contributed by atoms with E-state index in [2.05, 4.69) is 35.8 Å². The Morgan fingerprint density at radius 2 is 2.11 bits per heavy atom. The van der Waals surface area contributed by atoms with Crippen LogP contribution < -0.4 is 10.6 Å². The number of nitrogens with one attached hydrogen (secondary N) is 2. The second-order valence-electron chi connectivity index (χ2n) is 5.88. The molecule has 0 aromatic heterocycles. The zero-order valence-corrected chi connectivity index (χ0v) is 11.5. The summed E-state index contributed by atoms with van der Waals surface area (Å²) in [6, 6.07) is 6.31. The van der Waals surface area contributed by atoms with E-state index in [9.17, 15) is 4.79 Å². The molecule has 0 spiro atoms. The van der Waals surface area contributed by atoms with Crippen LogP contribution in [0.25, 0.3) is 0 Å². The molecule has 1 fully saturated rings. The highest BCUT2D eigenvalue weighted by Gasteiger charge is 2.30. The van der Waals surface area contributed by atoms with Crippen molar-refractivity contribution in [3.8, 4) is 0 Å². The third-order valence-electron chi connectivity index (χ3n) is 4.51. The van der Waals surface area contributed by atoms with Crippen LogP contribution >= 0.6 is 0 Å². The smallest absolute Gasteiger partial charge is 0.229 e. The lowest BCUT2D eigenvalue weighted by molar-refractivity contribution is -0.120. The lowest BCUT2D eigenvalue weighted by Gasteiger charge is -2.21. The van der Waals surface area contributed by atoms with Crippen molar-refractivity contribution in [3.05, 3.63) is 29.3 Å². The van der Waals surface area contributed by atoms with Gasteiger partial charge in [0.05, 0.1) is 5.92 Å². The standard InChI is InChI=1S/C16H22N2O/c1-11-9-17-10-14(11)16(19)18-15-8-4-6-12-5-2-3-7-13(12)15/h4,6,8,11,14,17H,2-3,5,7,9-10H2,1H3,(H,18,19)/t11-,14-/m1/s1. The Balaban J connectivity index is 1.78. The number of benzene rings is 1. The van der Waals surface area contributed by atoms with E-state index in [1.807, 2.05) is 0 Å². The van der Waals surface area contributed by atoms with Gasteiger partial charge in [0.25, 0.3) is 0 Å². The van der Waals surface area contributed by atoms with Crippen molar-refractivity contribution in [1.29, 1.82) is 0 Å². The molecule has 2 aliphatic rings. The molecule has 3 nitrogen and oxygen atoms in total. The fourth-order valence-corrected chi connectivity index (χ4v) is 3.28. The van der Waals surface area contributed by atoms with Crippen molar-refractivity contribution in [3.63, 3.8) is 0 Å². The van der Waals surface area contributed by atoms with Crippen molar-refractivity contribution >= 4 is 11.6 Å². The summed E-state index contributed by atoms with van der Waals surface area (Å²) >= 11 is 0. The highest BCUT2D eigenvalue weighted by atomic mass is 16.1. The minimum atomic E-state index is 0.111. The molecule has 1 heterocycles. The van der Waals surface area contributed by atoms with Crippen LogP contribution in [0.3, 0.4) is 0 Å². The summed E-state index contributed by atoms with van der Waals surface area (Å²) in [6.45, 7) is 3.90. The van der Waals surface area contributed by atoms with Crippen LogP contribution in [-0.4, -0.2) is 19.0 Å². The van der Waals surface area contributed by atoms with Crippen LogP contribution in [0, 0.1) is 11.8 Å². The zero-order valence-electron chi connectivity index (χ0n) is 11.5. The first kappa shape index (κ1) is 12.7. The molecule has 1 aromatic rings. The number of aryl methyl sites for hydroxylation is 1. The summed E-state index contributed by atoms with van der Waals surface area (Å²) in [7, 11) is 0. The lowest BCUT2D eigenvalue weighted by atomic mass is 9.90. The van der Waals surface area contributed by atoms with Gasteiger partial charge in [0.15, 0.2) is 0 Å². The Kier molecular flexibility index (Phi) is 3.56. The topological polar surface area (TPSA) is 41.1 Å². The molecule has 1 amide bonds. The molecule has 1 aliphatic carbocycles. The monoisotopic (exact) mass is 258 g/mol. The second-order valence-corrected chi connectivity index (χ2v) is 5.88. The number of hydrogen-bond acceptors (Lipinski definition) is 2. The van der Waals surface area contributed by atoms with Crippen molar-refractivity contribution in [2.24, 2.45) is 11.8 Å². The predicted molar refractivity (Wildman–Crippen MR) is 77.2 cm³/mol. The van der Waals surface area contributed by atoms with E-state index in [1.54, 1.807) is 0 Å². The van der Waals surface area contributed by atoms with Crippen LogP contribution in [0.4, 0.5) is 5.69 Å². The quantitative estimate of drug-likeness (QED) is 0.855. The third kappa shape index (κ3) is 2.52. The van der Waals surface area contributed by atoms with Gasteiger partial charge in [0, 0.05) is 12.2 Å². The molecule has 0 bridgehead atoms. The Morgan fingerprint density at radius 1 is 1.26 bits per heavy atom. The van der Waals surface area contributed by atoms with Gasteiger partial charge in [-0.25, -0.2) is 0 Å². The van der Waals surface area contributed by atoms with E-state index in [1.165, 1.54) is 24.0 Å². The fourth-order valence-electron chi connectivity index (χ4n) is 3.28. The van der Waals surface area contributed by atoms with Gasteiger partial charge in [-0.2, -0.15) is 0 Å². The number of rotatable bonds is 2. The fraction of sp³-hybridized carbons (Fsp3) is 0.562. The second kappa shape index (κ2) is 5.33. The average molecular weight is 258 g/mol. The van der Waals surface area contributed by atoms with Gasteiger partial charge in [0.2, 0.25) is 5.91 Å². The number of carbonyl (C=O) groups excluding carboxylic acids is 1. The van der Waals surface area contributed by atoms with Crippen molar-refractivity contribution in [1.82, 2.24) is 5.32 Å². The van der Waals surface area contributed by atoms with Crippen molar-refractivity contribution < 1.29 is 4.79 Å². The average Bonchev–Trinajstić information content (AvgIpc) is 2.85. The molecule has 0 radical (unpaired) electrons. The first-order valence-corrected chi connectivity index (χ1v) is 7.38. The van der Waals surface area contributed by atoms with Crippen LogP contribution in [0.15, 0.2) is 18.2 Å². The number of anilines is 1. The van der Waals surface area contributed by atoms with E-state index in [0.717, 1.165) is 31.6 Å². The molecule has 2 N–H and O–H groups in total. The summed E-state index contributed by atoms with van der Waals surface area (Å²) in [6.07, 6.45) is 4.76. The normalized spacial score (nSPS) is 25.9. The summed E-state index contributed by atoms with van der Waals surface area (Å²) in [5.74, 6) is 0.718. The van der Waals surface area contributed by atoms with Crippen LogP contribution in [-0.2, 0) is 17.6 Å². The predicted octanol–water partition coefficient (Wildman–Crippen LogP) is 2.36. The molecule has 1 aliphatic heterocycles. The Labute approximate surface area is 114 Å². The number of hydrogen-bond donors (Lipinski definition) is 2. The number of amides is 1. The van der Waals surface area contributed by atoms with E-state index < -0.39 is 0 Å². The SMILES string of the molecule is C[C@@H]1CNC[C@H]1C(=O)Nc1cccc2c1CCCC2. The maximum absolute atomic E-state index is 12.4. The van der Waals surface area contributed by atoms with Gasteiger partial charge >= 0.3 is 0 Å². The van der Waals surface area contributed by atoms with E-state index in [0.29, 0.717) is 5.92 Å². The Bertz CT molecular complexity index is 484. The van der Waals surface area contributed by atoms with Crippen LogP contribution in [0.1, 0.15) is 30.9 Å². The van der Waals surface area contributed by atoms with Crippen molar-refractivity contribution in [2.45, 2.75) is 32.6 Å². The molecule has 1 aromatic carbocycles. The molecule has 3 heteroatoms. The van der Waals surface area contributed by atoms with Crippen LogP contribution in [0.2, 0.25) is 0 Å². The Morgan fingerprint density at radius 3 is 2.89 bits per heavy atom. The summed E-state index contributed by atoms with van der Waals surface area (Å²) in [5.41, 5.74) is 3.82. The summed E-state index contributed by atoms with van der Waals surface area (Å²) < 4.78 is 0. The first-order chi connectivity index (χ1) is 9.25. The molecule has 0 unspecified atom stereocenters. The zero-order chi connectivity index (χ0) is 13.2. The molecule has 102 valence electrons. The van der Waals surface area contributed by atoms with Gasteiger partial charge in [-0.15, -0.1) is 0 Å². The lowest BCUT2D eigenvalue weighted by Crippen LogP contribution is -2.28. The molecule has 2 atom stereocenters. The van der Waals surface area contributed by atoms with E-state index >= 15 is 0 Å². The molecule has 0 saturated carbocycles. The van der Waals surface area contributed by atoms with Crippen LogP contribution in [0.5, 0.6) is 0 Å². The maximum Gasteiger partial charge on any atom is 0.229 e. The van der Waals surface area contributed by atoms with Gasteiger partial charge in [-0.3, -0.25) is 4.79 Å². The van der Waals surface area contributed by atoms with E-state index in [4.69, 9.17) is 0 Å². The highest BCUT2D eigenvalue weighted by molar-refractivity contribution is 5.94. The maximum atomic E-state index is 12.4. The third-order valence-corrected chi connectivity index (χ3v) is 4.51. The Hall–Kier alpha value is -1.35. The molecule has 19 heavy (non-hydrogen) atoms. The minimum Gasteiger partial charge on any atom is -0.326 e. The number of fused-ring (bicyclic) bond motifs is 1. The molecule has 1 saturated heterocycles. The highest BCUT2D eigenvalue weighted by Crippen LogP contribution is 2.28. The van der Waals surface area contributed by atoms with Gasteiger partial charge < -0.3 is 10.6 Å². The first-order valence-electron chi connectivity index (χ1n) is 7.38. The van der Waals surface area contributed by atoms with Crippen molar-refractivity contribution in [2.75, 3.05) is 18.4 Å².